The van der Waals surface area contributed by atoms with Gasteiger partial charge >= 0.3 is 5.69 Å². The highest BCUT2D eigenvalue weighted by atomic mass is 79.9. The number of aromatic nitrogens is 2. The standard InChI is InChI=1S/C13H13BrN2O6/c1-3-13(5-17)9(19)8(18)11(22-13)16-4-7(6(2)14)10(20)15-12(16)21/h1,4,8-9,11,17-19H,2,5H2,(H,15,20,21)/t8-,9-,11+,13+/m0/s1. The summed E-state index contributed by atoms with van der Waals surface area (Å²) in [4.78, 5) is 25.6. The molecule has 8 nitrogen and oxygen atoms in total. The molecule has 118 valence electrons. The minimum absolute atomic E-state index is 0.0343. The molecular weight excluding hydrogens is 360 g/mol. The summed E-state index contributed by atoms with van der Waals surface area (Å²) in [7, 11) is 0. The van der Waals surface area contributed by atoms with Crippen molar-refractivity contribution in [3.8, 4) is 12.3 Å². The maximum Gasteiger partial charge on any atom is 0.330 e. The number of nitrogens with zero attached hydrogens (tertiary/aromatic N) is 1. The number of aromatic amines is 1. The first-order chi connectivity index (χ1) is 10.3. The highest BCUT2D eigenvalue weighted by molar-refractivity contribution is 9.15. The van der Waals surface area contributed by atoms with Crippen molar-refractivity contribution in [2.45, 2.75) is 24.0 Å². The molecule has 1 aliphatic heterocycles. The fourth-order valence-corrected chi connectivity index (χ4v) is 2.45. The molecule has 4 atom stereocenters. The first-order valence-electron chi connectivity index (χ1n) is 6.10. The molecule has 1 fully saturated rings. The van der Waals surface area contributed by atoms with Gasteiger partial charge in [-0.25, -0.2) is 4.79 Å². The smallest absolute Gasteiger partial charge is 0.330 e. The summed E-state index contributed by atoms with van der Waals surface area (Å²) in [5, 5.41) is 29.4. The number of halogens is 1. The third-order valence-corrected chi connectivity index (χ3v) is 3.87. The summed E-state index contributed by atoms with van der Waals surface area (Å²) in [5.74, 6) is 2.08. The van der Waals surface area contributed by atoms with E-state index in [1.54, 1.807) is 0 Å². The van der Waals surface area contributed by atoms with Crippen LogP contribution in [0.1, 0.15) is 11.8 Å². The molecule has 4 N–H and O–H groups in total. The van der Waals surface area contributed by atoms with Gasteiger partial charge in [0.15, 0.2) is 11.8 Å². The van der Waals surface area contributed by atoms with Gasteiger partial charge in [0, 0.05) is 10.7 Å². The van der Waals surface area contributed by atoms with Crippen molar-refractivity contribution in [3.05, 3.63) is 39.2 Å². The summed E-state index contributed by atoms with van der Waals surface area (Å²) >= 11 is 3.02. The lowest BCUT2D eigenvalue weighted by Gasteiger charge is -2.23. The first-order valence-corrected chi connectivity index (χ1v) is 6.89. The summed E-state index contributed by atoms with van der Waals surface area (Å²) in [6.07, 6.45) is 1.78. The zero-order valence-corrected chi connectivity index (χ0v) is 12.8. The molecule has 2 rings (SSSR count). The molecule has 0 unspecified atom stereocenters. The van der Waals surface area contributed by atoms with Crippen LogP contribution in [0.3, 0.4) is 0 Å². The molecule has 2 heterocycles. The maximum absolute atomic E-state index is 11.9. The van der Waals surface area contributed by atoms with Gasteiger partial charge in [0.25, 0.3) is 5.56 Å². The second-order valence-electron chi connectivity index (χ2n) is 4.75. The van der Waals surface area contributed by atoms with Gasteiger partial charge in [-0.1, -0.05) is 28.4 Å². The van der Waals surface area contributed by atoms with Crippen LogP contribution in [0.15, 0.2) is 22.4 Å². The van der Waals surface area contributed by atoms with Crippen LogP contribution in [-0.4, -0.2) is 49.3 Å². The number of rotatable bonds is 3. The number of hydrogen-bond acceptors (Lipinski definition) is 6. The monoisotopic (exact) mass is 372 g/mol. The first kappa shape index (κ1) is 16.7. The summed E-state index contributed by atoms with van der Waals surface area (Å²) in [5.41, 5.74) is -3.36. The van der Waals surface area contributed by atoms with Gasteiger partial charge < -0.3 is 20.1 Å². The van der Waals surface area contributed by atoms with Crippen LogP contribution in [0.4, 0.5) is 0 Å². The largest absolute Gasteiger partial charge is 0.392 e. The third-order valence-electron chi connectivity index (χ3n) is 3.44. The van der Waals surface area contributed by atoms with Crippen molar-refractivity contribution in [1.29, 1.82) is 0 Å². The van der Waals surface area contributed by atoms with Crippen molar-refractivity contribution in [2.75, 3.05) is 6.61 Å². The van der Waals surface area contributed by atoms with E-state index in [4.69, 9.17) is 11.2 Å². The number of H-pyrrole nitrogens is 1. The minimum atomic E-state index is -1.84. The Bertz CT molecular complexity index is 763. The van der Waals surface area contributed by atoms with Crippen molar-refractivity contribution < 1.29 is 20.1 Å². The fraction of sp³-hybridized carbons (Fsp3) is 0.385. The predicted octanol–water partition coefficient (Wildman–Crippen LogP) is -1.48. The number of hydrogen-bond donors (Lipinski definition) is 4. The molecule has 1 aromatic heterocycles. The summed E-state index contributed by atoms with van der Waals surface area (Å²) in [6.45, 7) is 2.78. The van der Waals surface area contributed by atoms with Crippen LogP contribution < -0.4 is 11.2 Å². The van der Waals surface area contributed by atoms with Crippen LogP contribution in [-0.2, 0) is 4.74 Å². The molecule has 0 spiro atoms. The molecule has 0 saturated carbocycles. The van der Waals surface area contributed by atoms with Crippen LogP contribution >= 0.6 is 15.9 Å². The van der Waals surface area contributed by atoms with Crippen LogP contribution in [0.5, 0.6) is 0 Å². The van der Waals surface area contributed by atoms with Crippen molar-refractivity contribution >= 4 is 20.4 Å². The van der Waals surface area contributed by atoms with Crippen molar-refractivity contribution in [2.24, 2.45) is 0 Å². The Hall–Kier alpha value is -1.70. The van der Waals surface area contributed by atoms with Gasteiger partial charge in [0.2, 0.25) is 0 Å². The Balaban J connectivity index is 2.57. The number of ether oxygens (including phenoxy) is 1. The predicted molar refractivity (Wildman–Crippen MR) is 80.1 cm³/mol. The average molecular weight is 373 g/mol. The maximum atomic E-state index is 11.9. The quantitative estimate of drug-likeness (QED) is 0.479. The molecule has 0 aliphatic carbocycles. The van der Waals surface area contributed by atoms with Gasteiger partial charge in [0.05, 0.1) is 12.2 Å². The van der Waals surface area contributed by atoms with E-state index in [-0.39, 0.29) is 10.0 Å². The molecule has 0 aromatic carbocycles. The van der Waals surface area contributed by atoms with Crippen molar-refractivity contribution in [3.63, 3.8) is 0 Å². The van der Waals surface area contributed by atoms with E-state index in [1.165, 1.54) is 0 Å². The SMILES string of the molecule is C#C[C@]1(CO)O[C@@H](n2cc(C(=C)Br)c(=O)[nH]c2=O)[C@@H](O)[C@@H]1O. The van der Waals surface area contributed by atoms with E-state index in [2.05, 4.69) is 28.4 Å². The minimum Gasteiger partial charge on any atom is -0.392 e. The molecule has 0 amide bonds. The lowest BCUT2D eigenvalue weighted by Crippen LogP contribution is -2.45. The zero-order chi connectivity index (χ0) is 16.7. The Morgan fingerprint density at radius 3 is 2.68 bits per heavy atom. The molecule has 9 heteroatoms. The van der Waals surface area contributed by atoms with E-state index in [9.17, 15) is 24.9 Å². The van der Waals surface area contributed by atoms with Crippen molar-refractivity contribution in [1.82, 2.24) is 9.55 Å². The number of nitrogens with one attached hydrogen (secondary N) is 1. The molecular formula is C13H13BrN2O6. The van der Waals surface area contributed by atoms with E-state index < -0.39 is 41.9 Å². The van der Waals surface area contributed by atoms with E-state index in [1.807, 2.05) is 4.98 Å². The van der Waals surface area contributed by atoms with Crippen LogP contribution in [0, 0.1) is 12.3 Å². The topological polar surface area (TPSA) is 125 Å². The number of aliphatic hydroxyl groups excluding tert-OH is 3. The molecule has 0 bridgehead atoms. The Labute approximate surface area is 132 Å². The van der Waals surface area contributed by atoms with E-state index >= 15 is 0 Å². The Kier molecular flexibility index (Phi) is 4.42. The second-order valence-corrected chi connectivity index (χ2v) is 5.71. The summed E-state index contributed by atoms with van der Waals surface area (Å²) in [6, 6.07) is 0. The average Bonchev–Trinajstić information content (AvgIpc) is 2.72. The van der Waals surface area contributed by atoms with Gasteiger partial charge in [-0.3, -0.25) is 14.3 Å². The van der Waals surface area contributed by atoms with Gasteiger partial charge in [-0.15, -0.1) is 6.42 Å². The van der Waals surface area contributed by atoms with E-state index in [0.717, 1.165) is 10.8 Å². The normalized spacial score (nSPS) is 31.0. The molecule has 1 aliphatic rings. The highest BCUT2D eigenvalue weighted by Gasteiger charge is 2.54. The van der Waals surface area contributed by atoms with Crippen LogP contribution in [0.25, 0.3) is 4.48 Å². The number of aliphatic hydroxyl groups is 3. The summed E-state index contributed by atoms with van der Waals surface area (Å²) < 4.78 is 6.40. The fourth-order valence-electron chi connectivity index (χ4n) is 2.17. The molecule has 1 saturated heterocycles. The van der Waals surface area contributed by atoms with Gasteiger partial charge in [0.1, 0.15) is 12.2 Å². The Morgan fingerprint density at radius 1 is 1.59 bits per heavy atom. The molecule has 1 aromatic rings. The second kappa shape index (κ2) is 5.83. The van der Waals surface area contributed by atoms with Crippen LogP contribution in [0.2, 0.25) is 0 Å². The van der Waals surface area contributed by atoms with Gasteiger partial charge in [-0.05, 0) is 0 Å². The lowest BCUT2D eigenvalue weighted by molar-refractivity contribution is -0.0936. The zero-order valence-electron chi connectivity index (χ0n) is 11.2. The third kappa shape index (κ3) is 2.45. The highest BCUT2D eigenvalue weighted by Crippen LogP contribution is 2.36. The lowest BCUT2D eigenvalue weighted by atomic mass is 9.97. The molecule has 0 radical (unpaired) electrons. The molecule has 22 heavy (non-hydrogen) atoms. The Morgan fingerprint density at radius 2 is 2.23 bits per heavy atom. The van der Waals surface area contributed by atoms with Gasteiger partial charge in [-0.2, -0.15) is 0 Å². The van der Waals surface area contributed by atoms with E-state index in [0.29, 0.717) is 0 Å². The number of terminal acetylenes is 1.